The average Bonchev–Trinajstić information content (AvgIpc) is 2.78. The van der Waals surface area contributed by atoms with Crippen LogP contribution in [0.25, 0.3) is 0 Å². The fraction of sp³-hybridized carbons (Fsp3) is 0.231. The molecule has 0 bridgehead atoms. The first kappa shape index (κ1) is 11.4. The summed E-state index contributed by atoms with van der Waals surface area (Å²) >= 11 is 0. The molecule has 2 N–H and O–H groups in total. The van der Waals surface area contributed by atoms with E-state index in [0.29, 0.717) is 18.7 Å². The highest BCUT2D eigenvalue weighted by atomic mass is 15.0. The lowest BCUT2D eigenvalue weighted by Crippen LogP contribution is -2.03. The van der Waals surface area contributed by atoms with E-state index >= 15 is 0 Å². The highest BCUT2D eigenvalue weighted by Crippen LogP contribution is 2.09. The second-order valence-electron chi connectivity index (χ2n) is 3.84. The minimum atomic E-state index is 0.603. The molecule has 2 rings (SSSR count). The first-order valence-electron chi connectivity index (χ1n) is 5.52. The lowest BCUT2D eigenvalue weighted by Gasteiger charge is -2.04. The molecule has 1 heterocycles. The number of nitrogens with two attached hydrogens (primary N) is 1. The third-order valence-electron chi connectivity index (χ3n) is 2.58. The van der Waals surface area contributed by atoms with Crippen molar-refractivity contribution in [1.29, 1.82) is 5.26 Å². The molecule has 0 aliphatic heterocycles. The van der Waals surface area contributed by atoms with Crippen LogP contribution < -0.4 is 5.73 Å². The number of aromatic nitrogens is 2. The Labute approximate surface area is 100 Å². The average molecular weight is 226 g/mol. The van der Waals surface area contributed by atoms with Crippen LogP contribution >= 0.6 is 0 Å². The van der Waals surface area contributed by atoms with Gasteiger partial charge in [0.2, 0.25) is 0 Å². The molecule has 0 radical (unpaired) electrons. The van der Waals surface area contributed by atoms with E-state index in [1.54, 1.807) is 6.33 Å². The summed E-state index contributed by atoms with van der Waals surface area (Å²) in [6, 6.07) is 9.79. The van der Waals surface area contributed by atoms with Gasteiger partial charge in [-0.2, -0.15) is 5.26 Å². The zero-order valence-electron chi connectivity index (χ0n) is 9.50. The Hall–Kier alpha value is -2.12. The quantitative estimate of drug-likeness (QED) is 0.854. The van der Waals surface area contributed by atoms with Crippen molar-refractivity contribution in [1.82, 2.24) is 9.55 Å². The van der Waals surface area contributed by atoms with E-state index < -0.39 is 0 Å². The van der Waals surface area contributed by atoms with Gasteiger partial charge < -0.3 is 10.3 Å². The number of rotatable bonds is 4. The third-order valence-corrected chi connectivity index (χ3v) is 2.58. The number of nitriles is 1. The Morgan fingerprint density at radius 2 is 2.18 bits per heavy atom. The highest BCUT2D eigenvalue weighted by molar-refractivity contribution is 5.37. The first-order chi connectivity index (χ1) is 8.33. The Kier molecular flexibility index (Phi) is 3.53. The van der Waals surface area contributed by atoms with E-state index in [2.05, 4.69) is 11.1 Å². The van der Waals surface area contributed by atoms with E-state index in [1.807, 2.05) is 35.0 Å². The molecular weight excluding hydrogens is 212 g/mol. The summed E-state index contributed by atoms with van der Waals surface area (Å²) in [5.41, 5.74) is 8.18. The van der Waals surface area contributed by atoms with Gasteiger partial charge >= 0.3 is 0 Å². The second kappa shape index (κ2) is 5.28. The molecule has 1 aromatic heterocycles. The van der Waals surface area contributed by atoms with Crippen LogP contribution in [0.4, 0.5) is 0 Å². The van der Waals surface area contributed by atoms with Gasteiger partial charge in [0.15, 0.2) is 0 Å². The van der Waals surface area contributed by atoms with Gasteiger partial charge in [-0.3, -0.25) is 0 Å². The van der Waals surface area contributed by atoms with E-state index in [-0.39, 0.29) is 0 Å². The van der Waals surface area contributed by atoms with Crippen LogP contribution in [-0.2, 0) is 13.0 Å². The lowest BCUT2D eigenvalue weighted by atomic mass is 10.1. The van der Waals surface area contributed by atoms with Crippen molar-refractivity contribution < 1.29 is 0 Å². The minimum absolute atomic E-state index is 0.603. The summed E-state index contributed by atoms with van der Waals surface area (Å²) in [5, 5.41) is 8.99. The predicted octanol–water partition coefficient (Wildman–Crippen LogP) is 1.30. The molecule has 0 atom stereocenters. The van der Waals surface area contributed by atoms with Crippen LogP contribution in [0, 0.1) is 11.3 Å². The SMILES string of the molecule is N#Cc1ccccc1Cn1cnc(CCN)c1. The molecule has 1 aromatic carbocycles. The van der Waals surface area contributed by atoms with Gasteiger partial charge in [0.25, 0.3) is 0 Å². The van der Waals surface area contributed by atoms with Crippen molar-refractivity contribution in [3.63, 3.8) is 0 Å². The maximum Gasteiger partial charge on any atom is 0.0995 e. The number of hydrogen-bond acceptors (Lipinski definition) is 3. The molecular formula is C13H14N4. The smallest absolute Gasteiger partial charge is 0.0995 e. The fourth-order valence-corrected chi connectivity index (χ4v) is 1.73. The van der Waals surface area contributed by atoms with Crippen molar-refractivity contribution >= 4 is 0 Å². The van der Waals surface area contributed by atoms with Crippen molar-refractivity contribution in [2.75, 3.05) is 6.54 Å². The van der Waals surface area contributed by atoms with E-state index in [9.17, 15) is 0 Å². The summed E-state index contributed by atoms with van der Waals surface area (Å²) < 4.78 is 1.97. The Bertz CT molecular complexity index is 536. The van der Waals surface area contributed by atoms with Gasteiger partial charge in [0.05, 0.1) is 23.7 Å². The summed E-state index contributed by atoms with van der Waals surface area (Å²) in [5.74, 6) is 0. The zero-order valence-corrected chi connectivity index (χ0v) is 9.50. The lowest BCUT2D eigenvalue weighted by molar-refractivity contribution is 0.793. The highest BCUT2D eigenvalue weighted by Gasteiger charge is 2.03. The molecule has 0 spiro atoms. The molecule has 2 aromatic rings. The van der Waals surface area contributed by atoms with Gasteiger partial charge in [0.1, 0.15) is 0 Å². The standard InChI is InChI=1S/C13H14N4/c14-6-5-13-9-17(10-16-13)8-12-4-2-1-3-11(12)7-15/h1-4,9-10H,5-6,8,14H2. The molecule has 17 heavy (non-hydrogen) atoms. The third kappa shape index (κ3) is 2.71. The predicted molar refractivity (Wildman–Crippen MR) is 65.2 cm³/mol. The molecule has 4 nitrogen and oxygen atoms in total. The van der Waals surface area contributed by atoms with Crippen LogP contribution in [-0.4, -0.2) is 16.1 Å². The topological polar surface area (TPSA) is 67.6 Å². The number of benzene rings is 1. The van der Waals surface area contributed by atoms with Gasteiger partial charge in [-0.1, -0.05) is 18.2 Å². The monoisotopic (exact) mass is 226 g/mol. The molecule has 0 unspecified atom stereocenters. The van der Waals surface area contributed by atoms with Crippen molar-refractivity contribution in [2.24, 2.45) is 5.73 Å². The molecule has 0 fully saturated rings. The van der Waals surface area contributed by atoms with E-state index in [1.165, 1.54) is 0 Å². The Balaban J connectivity index is 2.17. The van der Waals surface area contributed by atoms with Gasteiger partial charge in [-0.15, -0.1) is 0 Å². The van der Waals surface area contributed by atoms with Crippen molar-refractivity contribution in [3.05, 3.63) is 53.6 Å². The zero-order chi connectivity index (χ0) is 12.1. The maximum atomic E-state index is 8.99. The second-order valence-corrected chi connectivity index (χ2v) is 3.84. The van der Waals surface area contributed by atoms with Crippen LogP contribution in [0.2, 0.25) is 0 Å². The number of imidazole rings is 1. The van der Waals surface area contributed by atoms with E-state index in [4.69, 9.17) is 11.0 Å². The van der Waals surface area contributed by atoms with E-state index in [0.717, 1.165) is 17.7 Å². The fourth-order valence-electron chi connectivity index (χ4n) is 1.73. The van der Waals surface area contributed by atoms with Gasteiger partial charge in [-0.05, 0) is 18.2 Å². The molecule has 0 aliphatic rings. The summed E-state index contributed by atoms with van der Waals surface area (Å²) in [7, 11) is 0. The largest absolute Gasteiger partial charge is 0.333 e. The number of nitrogens with zero attached hydrogens (tertiary/aromatic N) is 3. The molecule has 0 saturated carbocycles. The first-order valence-corrected chi connectivity index (χ1v) is 5.52. The van der Waals surface area contributed by atoms with Crippen molar-refractivity contribution in [2.45, 2.75) is 13.0 Å². The van der Waals surface area contributed by atoms with Crippen molar-refractivity contribution in [3.8, 4) is 6.07 Å². The van der Waals surface area contributed by atoms with Gasteiger partial charge in [0, 0.05) is 19.2 Å². The van der Waals surface area contributed by atoms with Crippen LogP contribution in [0.1, 0.15) is 16.8 Å². The number of hydrogen-bond donors (Lipinski definition) is 1. The molecule has 0 amide bonds. The maximum absolute atomic E-state index is 8.99. The summed E-state index contributed by atoms with van der Waals surface area (Å²) in [6.07, 6.45) is 4.53. The van der Waals surface area contributed by atoms with Gasteiger partial charge in [-0.25, -0.2) is 4.98 Å². The normalized spacial score (nSPS) is 10.1. The van der Waals surface area contributed by atoms with Crippen LogP contribution in [0.3, 0.4) is 0 Å². The molecule has 4 heteroatoms. The van der Waals surface area contributed by atoms with Crippen LogP contribution in [0.15, 0.2) is 36.8 Å². The summed E-state index contributed by atoms with van der Waals surface area (Å²) in [6.45, 7) is 1.27. The molecule has 86 valence electrons. The summed E-state index contributed by atoms with van der Waals surface area (Å²) in [4.78, 5) is 4.26. The van der Waals surface area contributed by atoms with Crippen LogP contribution in [0.5, 0.6) is 0 Å². The molecule has 0 aliphatic carbocycles. The Morgan fingerprint density at radius 1 is 1.35 bits per heavy atom. The molecule has 0 saturated heterocycles. The minimum Gasteiger partial charge on any atom is -0.333 e. The Morgan fingerprint density at radius 3 is 2.94 bits per heavy atom.